The van der Waals surface area contributed by atoms with Crippen molar-refractivity contribution < 1.29 is 0 Å². The third-order valence-electron chi connectivity index (χ3n) is 11.9. The molecule has 0 aliphatic heterocycles. The Hall–Kier alpha value is -6.74. The summed E-state index contributed by atoms with van der Waals surface area (Å²) < 4.78 is 2.64. The van der Waals surface area contributed by atoms with Gasteiger partial charge in [0.1, 0.15) is 0 Å². The molecule has 1 unspecified atom stereocenters. The van der Waals surface area contributed by atoms with E-state index in [-0.39, 0.29) is 5.41 Å². The van der Waals surface area contributed by atoms with Gasteiger partial charge in [-0.05, 0) is 117 Å². The molecule has 9 aromatic carbocycles. The molecule has 10 aromatic rings. The van der Waals surface area contributed by atoms with Crippen LogP contribution in [0.1, 0.15) is 23.6 Å². The predicted molar refractivity (Wildman–Crippen MR) is 240 cm³/mol. The Bertz CT molecular complexity index is 3120. The lowest BCUT2D eigenvalue weighted by Gasteiger charge is -2.32. The fourth-order valence-corrected chi connectivity index (χ4v) is 10.2. The zero-order chi connectivity index (χ0) is 37.2. The third kappa shape index (κ3) is 5.14. The van der Waals surface area contributed by atoms with Crippen LogP contribution in [-0.2, 0) is 5.41 Å². The van der Waals surface area contributed by atoms with Gasteiger partial charge < -0.3 is 4.90 Å². The number of nitrogens with zero attached hydrogens (tertiary/aromatic N) is 1. The van der Waals surface area contributed by atoms with E-state index in [1.807, 2.05) is 11.3 Å². The zero-order valence-corrected chi connectivity index (χ0v) is 31.8. The highest BCUT2D eigenvalue weighted by molar-refractivity contribution is 7.25. The summed E-state index contributed by atoms with van der Waals surface area (Å²) in [5.74, 6) is 0. The Balaban J connectivity index is 1.13. The molecule has 1 nitrogen and oxygen atoms in total. The Morgan fingerprint density at radius 1 is 0.393 bits per heavy atom. The topological polar surface area (TPSA) is 3.24 Å². The first-order valence-corrected chi connectivity index (χ1v) is 20.2. The molecule has 11 rings (SSSR count). The summed E-state index contributed by atoms with van der Waals surface area (Å²) in [4.78, 5) is 2.47. The van der Waals surface area contributed by atoms with Gasteiger partial charge in [-0.15, -0.1) is 11.3 Å². The van der Waals surface area contributed by atoms with Gasteiger partial charge in [-0.25, -0.2) is 0 Å². The maximum absolute atomic E-state index is 2.47. The van der Waals surface area contributed by atoms with E-state index in [1.165, 1.54) is 81.0 Å². The molecule has 0 radical (unpaired) electrons. The van der Waals surface area contributed by atoms with E-state index in [0.29, 0.717) is 0 Å². The molecule has 56 heavy (non-hydrogen) atoms. The second-order valence-electron chi connectivity index (χ2n) is 15.0. The number of anilines is 3. The second kappa shape index (κ2) is 12.9. The quantitative estimate of drug-likeness (QED) is 0.165. The number of benzene rings is 9. The van der Waals surface area contributed by atoms with Crippen LogP contribution in [0.2, 0.25) is 0 Å². The smallest absolute Gasteiger partial charge is 0.0540 e. The Labute approximate surface area is 331 Å². The Morgan fingerprint density at radius 2 is 1.07 bits per heavy atom. The maximum Gasteiger partial charge on any atom is 0.0540 e. The highest BCUT2D eigenvalue weighted by Gasteiger charge is 2.41. The van der Waals surface area contributed by atoms with Gasteiger partial charge in [0.15, 0.2) is 0 Å². The Morgan fingerprint density at radius 3 is 1.98 bits per heavy atom. The fraction of sp³-hybridized carbons (Fsp3) is 0.0370. The third-order valence-corrected chi connectivity index (χ3v) is 13.1. The number of rotatable bonds is 6. The minimum atomic E-state index is -0.312. The zero-order valence-electron chi connectivity index (χ0n) is 31.0. The predicted octanol–water partition coefficient (Wildman–Crippen LogP) is 15.3. The van der Waals surface area contributed by atoms with Crippen molar-refractivity contribution in [2.75, 3.05) is 4.90 Å². The summed E-state index contributed by atoms with van der Waals surface area (Å²) in [6.07, 6.45) is 0. The van der Waals surface area contributed by atoms with Gasteiger partial charge in [-0.2, -0.15) is 0 Å². The van der Waals surface area contributed by atoms with E-state index in [2.05, 4.69) is 218 Å². The lowest BCUT2D eigenvalue weighted by atomic mass is 9.74. The Kier molecular flexibility index (Phi) is 7.55. The minimum absolute atomic E-state index is 0.312. The lowest BCUT2D eigenvalue weighted by Crippen LogP contribution is -2.22. The maximum atomic E-state index is 2.47. The van der Waals surface area contributed by atoms with Crippen molar-refractivity contribution in [2.45, 2.75) is 12.3 Å². The molecule has 0 fully saturated rings. The lowest BCUT2D eigenvalue weighted by molar-refractivity contribution is 0.714. The van der Waals surface area contributed by atoms with Crippen molar-refractivity contribution in [3.8, 4) is 33.4 Å². The van der Waals surface area contributed by atoms with Crippen molar-refractivity contribution in [1.82, 2.24) is 0 Å². The minimum Gasteiger partial charge on any atom is -0.310 e. The van der Waals surface area contributed by atoms with Crippen LogP contribution in [0.5, 0.6) is 0 Å². The van der Waals surface area contributed by atoms with Gasteiger partial charge in [-0.3, -0.25) is 0 Å². The number of thiophene rings is 1. The molecule has 0 saturated carbocycles. The largest absolute Gasteiger partial charge is 0.310 e. The van der Waals surface area contributed by atoms with Gasteiger partial charge in [0, 0.05) is 42.5 Å². The molecular formula is C54H37NS. The molecule has 0 spiro atoms. The highest BCUT2D eigenvalue weighted by Crippen LogP contribution is 2.54. The number of hydrogen-bond donors (Lipinski definition) is 0. The first kappa shape index (κ1) is 32.7. The van der Waals surface area contributed by atoms with Crippen molar-refractivity contribution in [3.63, 3.8) is 0 Å². The molecule has 0 N–H and O–H groups in total. The van der Waals surface area contributed by atoms with E-state index in [1.54, 1.807) is 0 Å². The molecule has 0 saturated heterocycles. The molecule has 264 valence electrons. The van der Waals surface area contributed by atoms with Crippen LogP contribution in [0.4, 0.5) is 17.1 Å². The monoisotopic (exact) mass is 731 g/mol. The highest BCUT2D eigenvalue weighted by atomic mass is 32.1. The molecular weight excluding hydrogens is 695 g/mol. The summed E-state index contributed by atoms with van der Waals surface area (Å²) in [5.41, 5.74) is 14.4. The summed E-state index contributed by atoms with van der Waals surface area (Å²) >= 11 is 1.86. The van der Waals surface area contributed by atoms with Crippen molar-refractivity contribution in [3.05, 3.63) is 223 Å². The second-order valence-corrected chi connectivity index (χ2v) is 16.1. The molecule has 0 amide bonds. The summed E-state index contributed by atoms with van der Waals surface area (Å²) in [6, 6.07) is 76.2. The van der Waals surface area contributed by atoms with Crippen LogP contribution in [0.3, 0.4) is 0 Å². The van der Waals surface area contributed by atoms with E-state index in [4.69, 9.17) is 0 Å². The first-order valence-electron chi connectivity index (χ1n) is 19.3. The fourth-order valence-electron chi connectivity index (χ4n) is 9.13. The van der Waals surface area contributed by atoms with Gasteiger partial charge in [0.2, 0.25) is 0 Å². The molecule has 1 aliphatic rings. The van der Waals surface area contributed by atoms with Gasteiger partial charge in [0.05, 0.1) is 5.69 Å². The molecule has 1 aliphatic carbocycles. The first-order chi connectivity index (χ1) is 27.6. The van der Waals surface area contributed by atoms with Crippen molar-refractivity contribution in [1.29, 1.82) is 0 Å². The van der Waals surface area contributed by atoms with Crippen molar-refractivity contribution >= 4 is 59.3 Å². The van der Waals surface area contributed by atoms with E-state index < -0.39 is 0 Å². The standard InChI is InChI=1S/C54H37NS/c1-54(41-17-3-2-4-18-41)49-23-10-7-21-45(49)46-30-29-43(35-50(46)54)55(51-24-11-8-20-44(51)40-27-26-36-14-5-6-15-37(36)32-40)42-19-13-16-38(33-42)39-28-31-53-48(34-39)47-22-9-12-25-52(47)56-53/h2-35H,1H3. The van der Waals surface area contributed by atoms with Gasteiger partial charge in [0.25, 0.3) is 0 Å². The van der Waals surface area contributed by atoms with Crippen LogP contribution in [0.15, 0.2) is 206 Å². The normalized spacial score (nSPS) is 14.6. The van der Waals surface area contributed by atoms with Crippen LogP contribution < -0.4 is 4.90 Å². The molecule has 1 heterocycles. The summed E-state index contributed by atoms with van der Waals surface area (Å²) in [5, 5.41) is 5.10. The van der Waals surface area contributed by atoms with E-state index in [9.17, 15) is 0 Å². The van der Waals surface area contributed by atoms with E-state index >= 15 is 0 Å². The van der Waals surface area contributed by atoms with Crippen LogP contribution in [0.25, 0.3) is 64.3 Å². The van der Waals surface area contributed by atoms with Crippen molar-refractivity contribution in [2.24, 2.45) is 0 Å². The van der Waals surface area contributed by atoms with Crippen LogP contribution >= 0.6 is 11.3 Å². The number of hydrogen-bond acceptors (Lipinski definition) is 2. The average molecular weight is 732 g/mol. The SMILES string of the molecule is CC1(c2ccccc2)c2ccccc2-c2ccc(N(c3cccc(-c4ccc5sc6ccccc6c5c4)c3)c3ccccc3-c3ccc4ccccc4c3)cc21. The van der Waals surface area contributed by atoms with Crippen LogP contribution in [0, 0.1) is 0 Å². The summed E-state index contributed by atoms with van der Waals surface area (Å²) in [7, 11) is 0. The number of para-hydroxylation sites is 1. The molecule has 2 heteroatoms. The summed E-state index contributed by atoms with van der Waals surface area (Å²) in [6.45, 7) is 2.40. The van der Waals surface area contributed by atoms with Gasteiger partial charge in [-0.1, -0.05) is 152 Å². The van der Waals surface area contributed by atoms with Crippen LogP contribution in [-0.4, -0.2) is 0 Å². The molecule has 1 atom stereocenters. The van der Waals surface area contributed by atoms with Gasteiger partial charge >= 0.3 is 0 Å². The molecule has 0 bridgehead atoms. The number of fused-ring (bicyclic) bond motifs is 7. The molecule has 1 aromatic heterocycles. The average Bonchev–Trinajstić information content (AvgIpc) is 3.77. The van der Waals surface area contributed by atoms with E-state index in [0.717, 1.165) is 17.1 Å².